The van der Waals surface area contributed by atoms with Crippen molar-refractivity contribution in [2.24, 2.45) is 11.3 Å². The average Bonchev–Trinajstić information content (AvgIpc) is 2.81. The lowest BCUT2D eigenvalue weighted by Crippen LogP contribution is -2.60. The fourth-order valence-corrected chi connectivity index (χ4v) is 3.34. The van der Waals surface area contributed by atoms with E-state index >= 15 is 0 Å². The van der Waals surface area contributed by atoms with E-state index in [2.05, 4.69) is 10.6 Å². The highest BCUT2D eigenvalue weighted by Crippen LogP contribution is 2.34. The number of fused-ring (bicyclic) bond motifs is 1. The normalized spacial score (nSPS) is 29.8. The van der Waals surface area contributed by atoms with Crippen molar-refractivity contribution in [1.29, 1.82) is 0 Å². The van der Waals surface area contributed by atoms with Gasteiger partial charge in [0.05, 0.1) is 17.0 Å². The van der Waals surface area contributed by atoms with E-state index in [4.69, 9.17) is 0 Å². The van der Waals surface area contributed by atoms with Crippen LogP contribution in [0.15, 0.2) is 0 Å². The van der Waals surface area contributed by atoms with Crippen molar-refractivity contribution < 1.29 is 14.7 Å². The molecule has 1 aliphatic heterocycles. The Bertz CT molecular complexity index is 417. The van der Waals surface area contributed by atoms with Crippen LogP contribution < -0.4 is 10.6 Å². The van der Waals surface area contributed by atoms with Crippen molar-refractivity contribution in [2.75, 3.05) is 0 Å². The van der Waals surface area contributed by atoms with Gasteiger partial charge in [0.25, 0.3) is 0 Å². The fourth-order valence-electron chi connectivity index (χ4n) is 3.34. The monoisotopic (exact) mass is 296 g/mol. The third kappa shape index (κ3) is 3.07. The van der Waals surface area contributed by atoms with Gasteiger partial charge in [-0.1, -0.05) is 12.8 Å². The van der Waals surface area contributed by atoms with Crippen molar-refractivity contribution in [3.63, 3.8) is 0 Å². The minimum atomic E-state index is -1.02. The van der Waals surface area contributed by atoms with Gasteiger partial charge in [-0.05, 0) is 52.9 Å². The minimum absolute atomic E-state index is 0.0660. The summed E-state index contributed by atoms with van der Waals surface area (Å²) in [6.45, 7) is 6.86. The van der Waals surface area contributed by atoms with Crippen molar-refractivity contribution in [3.05, 3.63) is 0 Å². The summed E-state index contributed by atoms with van der Waals surface area (Å²) < 4.78 is 0. The van der Waals surface area contributed by atoms with Gasteiger partial charge in [0.1, 0.15) is 0 Å². The lowest BCUT2D eigenvalue weighted by molar-refractivity contribution is -0.152. The van der Waals surface area contributed by atoms with Gasteiger partial charge in [-0.15, -0.1) is 0 Å². The van der Waals surface area contributed by atoms with Crippen LogP contribution in [-0.4, -0.2) is 34.6 Å². The summed E-state index contributed by atoms with van der Waals surface area (Å²) in [6.07, 6.45) is 5.72. The van der Waals surface area contributed by atoms with Gasteiger partial charge in [0, 0.05) is 6.04 Å². The molecule has 3 atom stereocenters. The molecule has 1 saturated heterocycles. The maximum absolute atomic E-state index is 12.5. The van der Waals surface area contributed by atoms with Gasteiger partial charge in [-0.2, -0.15) is 0 Å². The topological polar surface area (TPSA) is 78.4 Å². The van der Waals surface area contributed by atoms with Gasteiger partial charge in [-0.3, -0.25) is 9.59 Å². The van der Waals surface area contributed by atoms with E-state index in [1.807, 2.05) is 0 Å². The van der Waals surface area contributed by atoms with Crippen LogP contribution in [0.3, 0.4) is 0 Å². The van der Waals surface area contributed by atoms with Crippen LogP contribution in [0.5, 0.6) is 0 Å². The molecule has 2 rings (SSSR count). The largest absolute Gasteiger partial charge is 0.481 e. The summed E-state index contributed by atoms with van der Waals surface area (Å²) in [7, 11) is 0. The van der Waals surface area contributed by atoms with Crippen molar-refractivity contribution in [1.82, 2.24) is 10.6 Å². The molecule has 5 nitrogen and oxygen atoms in total. The Morgan fingerprint density at radius 1 is 1.14 bits per heavy atom. The van der Waals surface area contributed by atoms with Crippen LogP contribution in [-0.2, 0) is 9.59 Å². The molecule has 1 saturated carbocycles. The number of nitrogens with one attached hydrogen (secondary N) is 2. The van der Waals surface area contributed by atoms with E-state index in [1.54, 1.807) is 27.7 Å². The zero-order chi connectivity index (χ0) is 15.8. The van der Waals surface area contributed by atoms with Crippen LogP contribution >= 0.6 is 0 Å². The quantitative estimate of drug-likeness (QED) is 0.740. The molecular formula is C16H28N2O3. The Hall–Kier alpha value is -1.10. The molecule has 0 radical (unpaired) electrons. The number of amides is 1. The van der Waals surface area contributed by atoms with Crippen molar-refractivity contribution in [3.8, 4) is 0 Å². The molecule has 1 heterocycles. The standard InChI is InChI=1S/C16H28N2O3/c1-15(2,14(20)21)16(3,4)18-13(19)12-9-10-7-5-6-8-11(10)17-12/h10-12,17H,5-9H2,1-4H3,(H,18,19)(H,20,21). The molecule has 2 fully saturated rings. The Morgan fingerprint density at radius 2 is 1.76 bits per heavy atom. The van der Waals surface area contributed by atoms with E-state index in [-0.39, 0.29) is 11.9 Å². The molecule has 3 unspecified atom stereocenters. The molecular weight excluding hydrogens is 268 g/mol. The number of carbonyl (C=O) groups is 2. The zero-order valence-corrected chi connectivity index (χ0v) is 13.5. The predicted molar refractivity (Wildman–Crippen MR) is 80.9 cm³/mol. The van der Waals surface area contributed by atoms with E-state index in [1.165, 1.54) is 19.3 Å². The molecule has 0 aromatic rings. The second kappa shape index (κ2) is 5.59. The average molecular weight is 296 g/mol. The maximum atomic E-state index is 12.5. The second-order valence-electron chi connectivity index (χ2n) is 7.65. The number of hydrogen-bond acceptors (Lipinski definition) is 3. The number of carboxylic acids is 1. The Kier molecular flexibility index (Phi) is 4.34. The Balaban J connectivity index is 2.00. The highest BCUT2D eigenvalue weighted by Gasteiger charge is 2.46. The lowest BCUT2D eigenvalue weighted by atomic mass is 9.74. The molecule has 0 aromatic carbocycles. The van der Waals surface area contributed by atoms with Crippen molar-refractivity contribution in [2.45, 2.75) is 77.4 Å². The SMILES string of the molecule is CC(C)(NC(=O)C1CC2CCCCC2N1)C(C)(C)C(=O)O. The number of hydrogen-bond donors (Lipinski definition) is 3. The van der Waals surface area contributed by atoms with Gasteiger partial charge >= 0.3 is 5.97 Å². The van der Waals surface area contributed by atoms with E-state index in [0.717, 1.165) is 12.8 Å². The number of aliphatic carboxylic acids is 1. The second-order valence-corrected chi connectivity index (χ2v) is 7.65. The third-order valence-corrected chi connectivity index (χ3v) is 5.71. The summed E-state index contributed by atoms with van der Waals surface area (Å²) in [6, 6.07) is 0.284. The number of carbonyl (C=O) groups excluding carboxylic acids is 1. The molecule has 0 bridgehead atoms. The fraction of sp³-hybridized carbons (Fsp3) is 0.875. The number of rotatable bonds is 4. The Morgan fingerprint density at radius 3 is 2.33 bits per heavy atom. The van der Waals surface area contributed by atoms with Crippen LogP contribution in [0.1, 0.15) is 59.8 Å². The maximum Gasteiger partial charge on any atom is 0.311 e. The third-order valence-electron chi connectivity index (χ3n) is 5.71. The molecule has 1 aliphatic carbocycles. The molecule has 0 spiro atoms. The highest BCUT2D eigenvalue weighted by molar-refractivity contribution is 5.84. The first-order valence-corrected chi connectivity index (χ1v) is 7.96. The van der Waals surface area contributed by atoms with E-state index in [9.17, 15) is 14.7 Å². The van der Waals surface area contributed by atoms with Crippen LogP contribution in [0.25, 0.3) is 0 Å². The highest BCUT2D eigenvalue weighted by atomic mass is 16.4. The summed E-state index contributed by atoms with van der Waals surface area (Å²) in [4.78, 5) is 23.9. The summed E-state index contributed by atoms with van der Waals surface area (Å²) in [5.41, 5.74) is -1.82. The first-order chi connectivity index (χ1) is 9.65. The minimum Gasteiger partial charge on any atom is -0.481 e. The summed E-state index contributed by atoms with van der Waals surface area (Å²) in [5.74, 6) is -0.366. The Labute approximate surface area is 126 Å². The molecule has 1 amide bonds. The molecule has 5 heteroatoms. The van der Waals surface area contributed by atoms with Gasteiger partial charge in [-0.25, -0.2) is 0 Å². The summed E-state index contributed by atoms with van der Waals surface area (Å²) in [5, 5.41) is 15.7. The van der Waals surface area contributed by atoms with Crippen molar-refractivity contribution >= 4 is 11.9 Å². The molecule has 2 aliphatic rings. The van der Waals surface area contributed by atoms with E-state index in [0.29, 0.717) is 12.0 Å². The summed E-state index contributed by atoms with van der Waals surface area (Å²) >= 11 is 0. The molecule has 0 aromatic heterocycles. The van der Waals surface area contributed by atoms with Gasteiger partial charge < -0.3 is 15.7 Å². The predicted octanol–water partition coefficient (Wildman–Crippen LogP) is 1.91. The van der Waals surface area contributed by atoms with Crippen LogP contribution in [0.4, 0.5) is 0 Å². The molecule has 21 heavy (non-hydrogen) atoms. The van der Waals surface area contributed by atoms with Gasteiger partial charge in [0.2, 0.25) is 5.91 Å². The lowest BCUT2D eigenvalue weighted by Gasteiger charge is -2.39. The smallest absolute Gasteiger partial charge is 0.311 e. The number of carboxylic acid groups (broad SMARTS) is 1. The van der Waals surface area contributed by atoms with E-state index < -0.39 is 16.9 Å². The van der Waals surface area contributed by atoms with Crippen LogP contribution in [0.2, 0.25) is 0 Å². The first-order valence-electron chi connectivity index (χ1n) is 7.96. The molecule has 3 N–H and O–H groups in total. The first kappa shape index (κ1) is 16.3. The zero-order valence-electron chi connectivity index (χ0n) is 13.5. The van der Waals surface area contributed by atoms with Gasteiger partial charge in [0.15, 0.2) is 0 Å². The molecule has 120 valence electrons. The van der Waals surface area contributed by atoms with Crippen LogP contribution in [0, 0.1) is 11.3 Å².